The lowest BCUT2D eigenvalue weighted by molar-refractivity contribution is 0.415. The zero-order chi connectivity index (χ0) is 13.8. The maximum absolute atomic E-state index is 5.18. The van der Waals surface area contributed by atoms with Crippen molar-refractivity contribution in [1.29, 1.82) is 0 Å². The molecule has 0 aliphatic heterocycles. The van der Waals surface area contributed by atoms with Gasteiger partial charge in [-0.15, -0.1) is 11.3 Å². The molecule has 19 heavy (non-hydrogen) atoms. The summed E-state index contributed by atoms with van der Waals surface area (Å²) in [7, 11) is 1.68. The smallest absolute Gasteiger partial charge is 0.118 e. The van der Waals surface area contributed by atoms with Gasteiger partial charge >= 0.3 is 0 Å². The molecule has 0 amide bonds. The van der Waals surface area contributed by atoms with Gasteiger partial charge in [-0.2, -0.15) is 0 Å². The zero-order valence-electron chi connectivity index (χ0n) is 11.9. The molecule has 2 rings (SSSR count). The molecular weight excluding hydrogens is 256 g/mol. The molecule has 1 N–H and O–H groups in total. The first-order valence-corrected chi connectivity index (χ1v) is 7.26. The molecule has 0 aliphatic rings. The van der Waals surface area contributed by atoms with Crippen molar-refractivity contribution in [3.63, 3.8) is 0 Å². The Bertz CT molecular complexity index is 532. The molecule has 0 saturated carbocycles. The molecule has 0 spiro atoms. The van der Waals surface area contributed by atoms with Gasteiger partial charge in [0.05, 0.1) is 17.7 Å². The number of thiazole rings is 1. The Morgan fingerprint density at radius 3 is 2.53 bits per heavy atom. The van der Waals surface area contributed by atoms with Gasteiger partial charge < -0.3 is 10.1 Å². The van der Waals surface area contributed by atoms with Crippen LogP contribution in [0, 0.1) is 6.92 Å². The van der Waals surface area contributed by atoms with Gasteiger partial charge in [-0.25, -0.2) is 4.98 Å². The van der Waals surface area contributed by atoms with Crippen molar-refractivity contribution >= 4 is 11.3 Å². The first-order valence-electron chi connectivity index (χ1n) is 6.44. The topological polar surface area (TPSA) is 34.1 Å². The van der Waals surface area contributed by atoms with Crippen LogP contribution in [-0.2, 0) is 6.54 Å². The third-order valence-corrected chi connectivity index (χ3v) is 4.06. The van der Waals surface area contributed by atoms with Gasteiger partial charge in [-0.1, -0.05) is 13.8 Å². The van der Waals surface area contributed by atoms with E-state index in [4.69, 9.17) is 4.74 Å². The highest BCUT2D eigenvalue weighted by Gasteiger charge is 2.10. The monoisotopic (exact) mass is 276 g/mol. The number of benzene rings is 1. The average Bonchev–Trinajstić information content (AvgIpc) is 2.78. The predicted octanol–water partition coefficient (Wildman–Crippen LogP) is 3.63. The van der Waals surface area contributed by atoms with E-state index >= 15 is 0 Å². The molecule has 0 fully saturated rings. The summed E-state index contributed by atoms with van der Waals surface area (Å²) in [4.78, 5) is 5.87. The third kappa shape index (κ3) is 3.55. The summed E-state index contributed by atoms with van der Waals surface area (Å²) < 4.78 is 5.18. The van der Waals surface area contributed by atoms with Crippen LogP contribution in [0.15, 0.2) is 24.3 Å². The van der Waals surface area contributed by atoms with E-state index in [1.54, 1.807) is 18.4 Å². The molecule has 2 aromatic rings. The van der Waals surface area contributed by atoms with E-state index in [0.29, 0.717) is 6.04 Å². The van der Waals surface area contributed by atoms with E-state index in [9.17, 15) is 0 Å². The van der Waals surface area contributed by atoms with Crippen LogP contribution in [0.1, 0.15) is 24.5 Å². The van der Waals surface area contributed by atoms with Crippen LogP contribution in [0.25, 0.3) is 10.4 Å². The lowest BCUT2D eigenvalue weighted by Crippen LogP contribution is -2.21. The van der Waals surface area contributed by atoms with Crippen molar-refractivity contribution in [1.82, 2.24) is 10.3 Å². The van der Waals surface area contributed by atoms with Gasteiger partial charge in [-0.05, 0) is 36.8 Å². The minimum absolute atomic E-state index is 0.480. The maximum atomic E-state index is 5.18. The molecule has 1 aromatic heterocycles. The van der Waals surface area contributed by atoms with Gasteiger partial charge in [0.1, 0.15) is 10.8 Å². The number of ether oxygens (including phenoxy) is 1. The van der Waals surface area contributed by atoms with Crippen LogP contribution in [-0.4, -0.2) is 18.1 Å². The van der Waals surface area contributed by atoms with Crippen molar-refractivity contribution < 1.29 is 4.74 Å². The second-order valence-corrected chi connectivity index (χ2v) is 5.87. The molecule has 102 valence electrons. The Kier molecular flexibility index (Phi) is 4.56. The molecule has 0 aliphatic carbocycles. The fourth-order valence-corrected chi connectivity index (χ4v) is 2.85. The number of aromatic nitrogens is 1. The van der Waals surface area contributed by atoms with Crippen LogP contribution in [0.5, 0.6) is 5.75 Å². The van der Waals surface area contributed by atoms with Crippen LogP contribution >= 0.6 is 11.3 Å². The van der Waals surface area contributed by atoms with E-state index in [2.05, 4.69) is 43.2 Å². The highest BCUT2D eigenvalue weighted by atomic mass is 32.1. The van der Waals surface area contributed by atoms with Gasteiger partial charge in [0.15, 0.2) is 0 Å². The van der Waals surface area contributed by atoms with E-state index < -0.39 is 0 Å². The standard InChI is InChI=1S/C15H20N2OS/c1-10(2)16-9-14-17-11(3)15(19-14)12-5-7-13(18-4)8-6-12/h5-8,10,16H,9H2,1-4H3. The fourth-order valence-electron chi connectivity index (χ4n) is 1.83. The quantitative estimate of drug-likeness (QED) is 0.905. The van der Waals surface area contributed by atoms with E-state index in [1.807, 2.05) is 12.1 Å². The Morgan fingerprint density at radius 2 is 1.95 bits per heavy atom. The van der Waals surface area contributed by atoms with E-state index in [0.717, 1.165) is 23.0 Å². The summed E-state index contributed by atoms with van der Waals surface area (Å²) in [5.41, 5.74) is 2.29. The molecule has 4 heteroatoms. The Morgan fingerprint density at radius 1 is 1.26 bits per heavy atom. The van der Waals surface area contributed by atoms with Crippen molar-refractivity contribution in [2.75, 3.05) is 7.11 Å². The largest absolute Gasteiger partial charge is 0.497 e. The van der Waals surface area contributed by atoms with Gasteiger partial charge in [0, 0.05) is 12.6 Å². The molecule has 1 heterocycles. The summed E-state index contributed by atoms with van der Waals surface area (Å²) >= 11 is 1.75. The van der Waals surface area contributed by atoms with Crippen molar-refractivity contribution in [2.24, 2.45) is 0 Å². The number of nitrogens with one attached hydrogen (secondary N) is 1. The van der Waals surface area contributed by atoms with Crippen LogP contribution in [0.2, 0.25) is 0 Å². The van der Waals surface area contributed by atoms with E-state index in [1.165, 1.54) is 10.4 Å². The molecule has 0 atom stereocenters. The van der Waals surface area contributed by atoms with Gasteiger partial charge in [-0.3, -0.25) is 0 Å². The molecule has 0 saturated heterocycles. The maximum Gasteiger partial charge on any atom is 0.118 e. The molecular formula is C15H20N2OS. The normalized spacial score (nSPS) is 11.0. The average molecular weight is 276 g/mol. The molecule has 1 aromatic carbocycles. The fraction of sp³-hybridized carbons (Fsp3) is 0.400. The second-order valence-electron chi connectivity index (χ2n) is 4.79. The highest BCUT2D eigenvalue weighted by molar-refractivity contribution is 7.15. The third-order valence-electron chi connectivity index (χ3n) is 2.85. The number of methoxy groups -OCH3 is 1. The van der Waals surface area contributed by atoms with Crippen LogP contribution in [0.4, 0.5) is 0 Å². The van der Waals surface area contributed by atoms with Crippen molar-refractivity contribution in [2.45, 2.75) is 33.4 Å². The Labute approximate surface area is 118 Å². The first-order chi connectivity index (χ1) is 9.10. The lowest BCUT2D eigenvalue weighted by atomic mass is 10.1. The minimum Gasteiger partial charge on any atom is -0.497 e. The van der Waals surface area contributed by atoms with Crippen LogP contribution < -0.4 is 10.1 Å². The number of nitrogens with zero attached hydrogens (tertiary/aromatic N) is 1. The Hall–Kier alpha value is -1.39. The molecule has 0 unspecified atom stereocenters. The lowest BCUT2D eigenvalue weighted by Gasteiger charge is -2.04. The van der Waals surface area contributed by atoms with E-state index in [-0.39, 0.29) is 0 Å². The first kappa shape index (κ1) is 14.0. The summed E-state index contributed by atoms with van der Waals surface area (Å²) in [6, 6.07) is 8.62. The molecule has 0 bridgehead atoms. The highest BCUT2D eigenvalue weighted by Crippen LogP contribution is 2.31. The van der Waals surface area contributed by atoms with Crippen molar-refractivity contribution in [3.8, 4) is 16.2 Å². The number of hydrogen-bond donors (Lipinski definition) is 1. The predicted molar refractivity (Wildman–Crippen MR) is 80.8 cm³/mol. The summed E-state index contributed by atoms with van der Waals surface area (Å²) in [5, 5.41) is 4.54. The number of rotatable bonds is 5. The Balaban J connectivity index is 2.19. The SMILES string of the molecule is COc1ccc(-c2sc(CNC(C)C)nc2C)cc1. The van der Waals surface area contributed by atoms with Crippen LogP contribution in [0.3, 0.4) is 0 Å². The number of hydrogen-bond acceptors (Lipinski definition) is 4. The minimum atomic E-state index is 0.480. The summed E-state index contributed by atoms with van der Waals surface area (Å²) in [6.07, 6.45) is 0. The summed E-state index contributed by atoms with van der Waals surface area (Å²) in [5.74, 6) is 0.882. The molecule has 0 radical (unpaired) electrons. The number of aryl methyl sites for hydroxylation is 1. The van der Waals surface area contributed by atoms with Gasteiger partial charge in [0.2, 0.25) is 0 Å². The van der Waals surface area contributed by atoms with Gasteiger partial charge in [0.25, 0.3) is 0 Å². The second kappa shape index (κ2) is 6.17. The zero-order valence-corrected chi connectivity index (χ0v) is 12.7. The van der Waals surface area contributed by atoms with Crippen molar-refractivity contribution in [3.05, 3.63) is 35.0 Å². The summed E-state index contributed by atoms with van der Waals surface area (Å²) in [6.45, 7) is 7.18. The molecule has 3 nitrogen and oxygen atoms in total.